The van der Waals surface area contributed by atoms with Crippen LogP contribution in [0.4, 0.5) is 0 Å². The first-order valence-corrected chi connectivity index (χ1v) is 0. The van der Waals surface area contributed by atoms with Crippen LogP contribution < -0.4 is 18.9 Å². The zero-order chi connectivity index (χ0) is 0. The third kappa shape index (κ3) is 38.4. The molecule has 0 aliphatic carbocycles. The number of hydrogen-bond donors (Lipinski definition) is 0. The third-order valence-corrected chi connectivity index (χ3v) is 0. The van der Waals surface area contributed by atoms with Gasteiger partial charge >= 0.3 is 18.9 Å². The van der Waals surface area contributed by atoms with Crippen LogP contribution in [0.1, 0.15) is 0 Å². The largest absolute Gasteiger partial charge is 1.00 e. The molecule has 36 valence electrons. The van der Waals surface area contributed by atoms with Crippen molar-refractivity contribution in [2.24, 2.45) is 0 Å². The van der Waals surface area contributed by atoms with E-state index in [-0.39, 0.29) is 89.4 Å². The number of hydrogen-bond acceptors (Lipinski definition) is 0. The molecule has 0 rings (SSSR count). The predicted molar refractivity (Wildman–Crippen MR) is 25.7 cm³/mol. The molecule has 2 heteroatoms. The molecule has 0 radical (unpaired) electrons. The molecule has 0 aliphatic heterocycles. The monoisotopic (exact) mass is 209 g/mol. The van der Waals surface area contributed by atoms with Gasteiger partial charge in [0.25, 0.3) is 0 Å². The summed E-state index contributed by atoms with van der Waals surface area (Å²) in [7, 11) is 0. The molecule has 0 spiro atoms. The van der Waals surface area contributed by atoms with E-state index in [4.69, 9.17) is 0 Å². The fourth-order valence-corrected chi connectivity index (χ4v) is 0. The molecule has 0 heterocycles. The normalized spacial score (nSPS) is 0. The molecule has 0 saturated heterocycles. The Balaban J connectivity index is 0. The molecule has 0 amide bonds. The Kier molecular flexibility index (Phi) is 1090. The van der Waals surface area contributed by atoms with Crippen LogP contribution in [0.15, 0.2) is 0 Å². The third-order valence-electron chi connectivity index (χ3n) is 0. The smallest absolute Gasteiger partial charge is 0.358 e. The second kappa shape index (κ2) is 64.8. The molecule has 0 bridgehead atoms. The molecule has 0 aromatic rings. The fraction of sp³-hybridized carbons (Fsp3) is 0. The van der Waals surface area contributed by atoms with Crippen LogP contribution in [0.25, 0.3) is 0 Å². The average molecular weight is 211 g/mol. The zero-order valence-corrected chi connectivity index (χ0v) is 8.71. The van der Waals surface area contributed by atoms with Crippen LogP contribution >= 0.6 is 0 Å². The van der Waals surface area contributed by atoms with Crippen molar-refractivity contribution in [3.8, 4) is 0 Å². The molecule has 0 aromatic heterocycles. The Labute approximate surface area is 88.2 Å². The van der Waals surface area contributed by atoms with Crippen LogP contribution in [-0.4, -0.2) is 0 Å². The van der Waals surface area contributed by atoms with Gasteiger partial charge in [-0.3, -0.25) is 0 Å². The summed E-state index contributed by atoms with van der Waals surface area (Å²) < 4.78 is 0. The maximum atomic E-state index is 0. The first-order chi connectivity index (χ1) is 0. The summed E-state index contributed by atoms with van der Waals surface area (Å²) in [6.45, 7) is 0. The first-order valence-electron chi connectivity index (χ1n) is 0. The average Bonchev–Trinajstić information content (AvgIpc) is 0. The van der Waals surface area contributed by atoms with Gasteiger partial charge in [0, 0.05) is 40.8 Å². The van der Waals surface area contributed by atoms with Crippen molar-refractivity contribution < 1.29 is 59.7 Å². The van der Waals surface area contributed by atoms with E-state index in [1.807, 2.05) is 0 Å². The molecular formula is C4H12LiNd-3. The molecule has 6 heavy (non-hydrogen) atoms. The first kappa shape index (κ1) is 101. The van der Waals surface area contributed by atoms with Gasteiger partial charge in [-0.05, 0) is 0 Å². The molecule has 0 aliphatic rings. The SMILES string of the molecule is [CH3-].[CH3-].[CH3-].[CH3-].[Li+].[Nd]. The molecule has 0 nitrogen and oxygen atoms in total. The van der Waals surface area contributed by atoms with Crippen molar-refractivity contribution >= 4 is 0 Å². The Morgan fingerprint density at radius 1 is 0.500 bits per heavy atom. The topological polar surface area (TPSA) is 0 Å². The Hall–Kier alpha value is 1.95. The van der Waals surface area contributed by atoms with Crippen LogP contribution in [0.2, 0.25) is 0 Å². The van der Waals surface area contributed by atoms with Gasteiger partial charge in [0.2, 0.25) is 0 Å². The van der Waals surface area contributed by atoms with Crippen molar-refractivity contribution in [1.82, 2.24) is 0 Å². The quantitative estimate of drug-likeness (QED) is 0.349. The van der Waals surface area contributed by atoms with Gasteiger partial charge in [-0.25, -0.2) is 0 Å². The van der Waals surface area contributed by atoms with Gasteiger partial charge in [-0.15, -0.1) is 0 Å². The Morgan fingerprint density at radius 2 is 0.500 bits per heavy atom. The van der Waals surface area contributed by atoms with Gasteiger partial charge in [-0.2, -0.15) is 0 Å². The van der Waals surface area contributed by atoms with E-state index in [1.54, 1.807) is 0 Å². The zero-order valence-electron chi connectivity index (χ0n) is 5.50. The van der Waals surface area contributed by atoms with E-state index in [1.165, 1.54) is 0 Å². The Morgan fingerprint density at radius 3 is 0.500 bits per heavy atom. The van der Waals surface area contributed by atoms with Gasteiger partial charge in [0.15, 0.2) is 0 Å². The molecule has 0 unspecified atom stereocenters. The minimum absolute atomic E-state index is 0. The molecule has 0 saturated carbocycles. The molecule has 0 N–H and O–H groups in total. The van der Waals surface area contributed by atoms with E-state index < -0.39 is 0 Å². The molecule has 0 fully saturated rings. The Bertz CT molecular complexity index is 7.51. The second-order valence-corrected chi connectivity index (χ2v) is 0. The van der Waals surface area contributed by atoms with Gasteiger partial charge < -0.3 is 29.7 Å². The van der Waals surface area contributed by atoms with Gasteiger partial charge in [0.1, 0.15) is 0 Å². The van der Waals surface area contributed by atoms with E-state index in [9.17, 15) is 0 Å². The summed E-state index contributed by atoms with van der Waals surface area (Å²) in [6.07, 6.45) is 0. The molecule has 0 atom stereocenters. The summed E-state index contributed by atoms with van der Waals surface area (Å²) in [4.78, 5) is 0. The maximum Gasteiger partial charge on any atom is 1.00 e. The van der Waals surface area contributed by atoms with Crippen molar-refractivity contribution in [2.75, 3.05) is 0 Å². The van der Waals surface area contributed by atoms with Crippen molar-refractivity contribution in [1.29, 1.82) is 0 Å². The van der Waals surface area contributed by atoms with Crippen LogP contribution in [-0.2, 0) is 0 Å². The van der Waals surface area contributed by atoms with Gasteiger partial charge in [0.05, 0.1) is 0 Å². The summed E-state index contributed by atoms with van der Waals surface area (Å²) in [6, 6.07) is 0. The summed E-state index contributed by atoms with van der Waals surface area (Å²) in [5, 5.41) is 0. The standard InChI is InChI=1S/4CH3.Li.Nd/h4*1H3;;/q4*-1;+1;. The predicted octanol–water partition coefficient (Wildman–Crippen LogP) is -1.19. The minimum atomic E-state index is 0. The van der Waals surface area contributed by atoms with Gasteiger partial charge in [-0.1, -0.05) is 0 Å². The van der Waals surface area contributed by atoms with E-state index in [0.29, 0.717) is 0 Å². The molecular weight excluding hydrogens is 199 g/mol. The van der Waals surface area contributed by atoms with E-state index in [2.05, 4.69) is 0 Å². The summed E-state index contributed by atoms with van der Waals surface area (Å²) in [5.41, 5.74) is 0. The summed E-state index contributed by atoms with van der Waals surface area (Å²) >= 11 is 0. The van der Waals surface area contributed by atoms with Crippen LogP contribution in [0.5, 0.6) is 0 Å². The number of rotatable bonds is 0. The maximum absolute atomic E-state index is 0. The summed E-state index contributed by atoms with van der Waals surface area (Å²) in [5.74, 6) is 0. The van der Waals surface area contributed by atoms with Crippen LogP contribution in [0, 0.1) is 70.5 Å². The van der Waals surface area contributed by atoms with E-state index >= 15 is 0 Å². The second-order valence-electron chi connectivity index (χ2n) is 0. The van der Waals surface area contributed by atoms with Crippen LogP contribution in [0.3, 0.4) is 0 Å². The van der Waals surface area contributed by atoms with Crippen molar-refractivity contribution in [3.05, 3.63) is 29.7 Å². The van der Waals surface area contributed by atoms with Crippen molar-refractivity contribution in [3.63, 3.8) is 0 Å². The van der Waals surface area contributed by atoms with E-state index in [0.717, 1.165) is 0 Å². The fourth-order valence-electron chi connectivity index (χ4n) is 0. The minimum Gasteiger partial charge on any atom is -0.358 e. The van der Waals surface area contributed by atoms with Crippen molar-refractivity contribution in [2.45, 2.75) is 0 Å². The molecule has 0 aromatic carbocycles.